The highest BCUT2D eigenvalue weighted by Gasteiger charge is 2.48. The summed E-state index contributed by atoms with van der Waals surface area (Å²) < 4.78 is 4.99. The van der Waals surface area contributed by atoms with Crippen molar-refractivity contribution in [2.45, 2.75) is 25.8 Å². The van der Waals surface area contributed by atoms with Gasteiger partial charge in [-0.25, -0.2) is 0 Å². The zero-order chi connectivity index (χ0) is 21.5. The van der Waals surface area contributed by atoms with Crippen LogP contribution in [0.2, 0.25) is 0 Å². The third-order valence-corrected chi connectivity index (χ3v) is 4.86. The van der Waals surface area contributed by atoms with Crippen LogP contribution in [0.1, 0.15) is 37.1 Å². The minimum absolute atomic E-state index is 0.0160. The lowest BCUT2D eigenvalue weighted by molar-refractivity contribution is -0.144. The van der Waals surface area contributed by atoms with E-state index in [0.717, 1.165) is 5.56 Å². The Labute approximate surface area is 174 Å². The number of carbonyl (C=O) groups is 3. The summed E-state index contributed by atoms with van der Waals surface area (Å²) in [7, 11) is 0. The van der Waals surface area contributed by atoms with Crippen LogP contribution in [-0.2, 0) is 19.1 Å². The van der Waals surface area contributed by atoms with Gasteiger partial charge < -0.3 is 26.2 Å². The molecule has 5 N–H and O–H groups in total. The Bertz CT molecular complexity index is 908. The fourth-order valence-corrected chi connectivity index (χ4v) is 3.21. The molecule has 1 saturated carbocycles. The molecule has 2 amide bonds. The number of hydrogen-bond acceptors (Lipinski definition) is 6. The van der Waals surface area contributed by atoms with Crippen LogP contribution in [0, 0.1) is 11.8 Å². The summed E-state index contributed by atoms with van der Waals surface area (Å²) in [6, 6.07) is 10.1. The van der Waals surface area contributed by atoms with E-state index in [0.29, 0.717) is 17.8 Å². The summed E-state index contributed by atoms with van der Waals surface area (Å²) in [5.41, 5.74) is 2.15. The highest BCUT2D eigenvalue weighted by molar-refractivity contribution is 5.99. The minimum Gasteiger partial charge on any atom is -0.466 e. The monoisotopic (exact) mass is 411 g/mol. The molecule has 2 aromatic rings. The van der Waals surface area contributed by atoms with Crippen molar-refractivity contribution in [1.82, 2.24) is 10.3 Å². The normalized spacial score (nSPS) is 18.6. The van der Waals surface area contributed by atoms with Crippen LogP contribution in [0.4, 0.5) is 5.69 Å². The number of carbonyl (C=O) groups excluding carboxylic acids is 3. The molecule has 1 aliphatic carbocycles. The highest BCUT2D eigenvalue weighted by Crippen LogP contribution is 2.40. The molecule has 1 fully saturated rings. The molecule has 0 radical (unpaired) electrons. The number of nitrogens with two attached hydrogens (primary N) is 1. The SMILES string of the molecule is CCOC(=O)CC(NC(=O)C1CC1C(=O)Nc1ccc(C=NN)cc1)c1ccc[nH]1. The van der Waals surface area contributed by atoms with Crippen LogP contribution in [0.3, 0.4) is 0 Å². The zero-order valence-electron chi connectivity index (χ0n) is 16.6. The second-order valence-corrected chi connectivity index (χ2v) is 7.03. The molecule has 3 unspecified atom stereocenters. The quantitative estimate of drug-likeness (QED) is 0.215. The van der Waals surface area contributed by atoms with Gasteiger partial charge in [0.15, 0.2) is 0 Å². The van der Waals surface area contributed by atoms with Gasteiger partial charge in [-0.1, -0.05) is 12.1 Å². The van der Waals surface area contributed by atoms with Crippen molar-refractivity contribution < 1.29 is 19.1 Å². The molecule has 3 atom stereocenters. The predicted molar refractivity (Wildman–Crippen MR) is 111 cm³/mol. The Hall–Kier alpha value is -3.62. The maximum absolute atomic E-state index is 12.7. The molecule has 1 aromatic carbocycles. The number of nitrogens with one attached hydrogen (secondary N) is 3. The summed E-state index contributed by atoms with van der Waals surface area (Å²) in [6.07, 6.45) is 3.70. The smallest absolute Gasteiger partial charge is 0.308 e. The van der Waals surface area contributed by atoms with Crippen molar-refractivity contribution in [3.05, 3.63) is 53.9 Å². The number of benzene rings is 1. The molecular formula is C21H25N5O4. The Kier molecular flexibility index (Phi) is 6.84. The third kappa shape index (κ3) is 5.47. The van der Waals surface area contributed by atoms with Crippen molar-refractivity contribution in [3.8, 4) is 0 Å². The van der Waals surface area contributed by atoms with Gasteiger partial charge in [-0.3, -0.25) is 14.4 Å². The number of H-pyrrole nitrogens is 1. The summed E-state index contributed by atoms with van der Waals surface area (Å²) in [6.45, 7) is 2.00. The van der Waals surface area contributed by atoms with Crippen LogP contribution >= 0.6 is 0 Å². The van der Waals surface area contributed by atoms with Crippen molar-refractivity contribution >= 4 is 29.7 Å². The number of hydrazone groups is 1. The number of hydrogen-bond donors (Lipinski definition) is 4. The molecular weight excluding hydrogens is 386 g/mol. The van der Waals surface area contributed by atoms with E-state index in [1.54, 1.807) is 49.5 Å². The molecule has 158 valence electrons. The molecule has 0 saturated heterocycles. The first-order valence-electron chi connectivity index (χ1n) is 9.75. The number of aromatic nitrogens is 1. The van der Waals surface area contributed by atoms with E-state index in [4.69, 9.17) is 10.6 Å². The first-order valence-corrected chi connectivity index (χ1v) is 9.75. The van der Waals surface area contributed by atoms with Crippen LogP contribution in [0.25, 0.3) is 0 Å². The van der Waals surface area contributed by atoms with Crippen LogP contribution in [0.5, 0.6) is 0 Å². The summed E-state index contributed by atoms with van der Waals surface area (Å²) in [5, 5.41) is 9.12. The van der Waals surface area contributed by atoms with Crippen molar-refractivity contribution in [1.29, 1.82) is 0 Å². The van der Waals surface area contributed by atoms with Crippen molar-refractivity contribution in [2.24, 2.45) is 22.8 Å². The highest BCUT2D eigenvalue weighted by atomic mass is 16.5. The lowest BCUT2D eigenvalue weighted by atomic mass is 10.1. The van der Waals surface area contributed by atoms with Crippen molar-refractivity contribution in [2.75, 3.05) is 11.9 Å². The van der Waals surface area contributed by atoms with E-state index < -0.39 is 23.8 Å². The Morgan fingerprint density at radius 2 is 1.97 bits per heavy atom. The van der Waals surface area contributed by atoms with Crippen molar-refractivity contribution in [3.63, 3.8) is 0 Å². The number of nitrogens with zero attached hydrogens (tertiary/aromatic N) is 1. The third-order valence-electron chi connectivity index (χ3n) is 4.86. The van der Waals surface area contributed by atoms with Gasteiger partial charge in [-0.05, 0) is 43.2 Å². The Morgan fingerprint density at radius 1 is 1.23 bits per heavy atom. The molecule has 3 rings (SSSR count). The van der Waals surface area contributed by atoms with E-state index in [9.17, 15) is 14.4 Å². The number of amides is 2. The molecule has 0 aliphatic heterocycles. The second kappa shape index (κ2) is 9.73. The predicted octanol–water partition coefficient (Wildman–Crippen LogP) is 1.69. The summed E-state index contributed by atoms with van der Waals surface area (Å²) >= 11 is 0. The summed E-state index contributed by atoms with van der Waals surface area (Å²) in [5.74, 6) is 3.42. The molecule has 1 aromatic heterocycles. The maximum atomic E-state index is 12.7. The van der Waals surface area contributed by atoms with Gasteiger partial charge >= 0.3 is 5.97 Å². The molecule has 30 heavy (non-hydrogen) atoms. The Morgan fingerprint density at radius 3 is 2.60 bits per heavy atom. The average molecular weight is 411 g/mol. The van der Waals surface area contributed by atoms with E-state index in [2.05, 4.69) is 20.7 Å². The topological polar surface area (TPSA) is 139 Å². The minimum atomic E-state index is -0.535. The molecule has 1 heterocycles. The van der Waals surface area contributed by atoms with Gasteiger partial charge in [0.05, 0.1) is 37.1 Å². The number of rotatable bonds is 9. The van der Waals surface area contributed by atoms with Gasteiger partial charge in [0, 0.05) is 17.6 Å². The van der Waals surface area contributed by atoms with Gasteiger partial charge in [0.25, 0.3) is 0 Å². The average Bonchev–Trinajstić information content (AvgIpc) is 3.35. The second-order valence-electron chi connectivity index (χ2n) is 7.03. The first-order chi connectivity index (χ1) is 14.5. The lowest BCUT2D eigenvalue weighted by Gasteiger charge is -2.17. The fourth-order valence-electron chi connectivity index (χ4n) is 3.21. The van der Waals surface area contributed by atoms with Gasteiger partial charge in [0.1, 0.15) is 0 Å². The summed E-state index contributed by atoms with van der Waals surface area (Å²) in [4.78, 5) is 40.0. The molecule has 0 bridgehead atoms. The van der Waals surface area contributed by atoms with Crippen LogP contribution < -0.4 is 16.5 Å². The fraction of sp³-hybridized carbons (Fsp3) is 0.333. The largest absolute Gasteiger partial charge is 0.466 e. The van der Waals surface area contributed by atoms with Gasteiger partial charge in [-0.2, -0.15) is 5.10 Å². The maximum Gasteiger partial charge on any atom is 0.308 e. The van der Waals surface area contributed by atoms with Crippen LogP contribution in [-0.4, -0.2) is 35.6 Å². The molecule has 1 aliphatic rings. The van der Waals surface area contributed by atoms with Gasteiger partial charge in [-0.15, -0.1) is 0 Å². The molecule has 0 spiro atoms. The van der Waals surface area contributed by atoms with Crippen LogP contribution in [0.15, 0.2) is 47.7 Å². The molecule has 9 heteroatoms. The Balaban J connectivity index is 1.55. The van der Waals surface area contributed by atoms with E-state index in [1.807, 2.05) is 0 Å². The number of aromatic amines is 1. The number of esters is 1. The van der Waals surface area contributed by atoms with E-state index in [1.165, 1.54) is 6.21 Å². The number of anilines is 1. The zero-order valence-corrected chi connectivity index (χ0v) is 16.6. The van der Waals surface area contributed by atoms with Gasteiger partial charge in [0.2, 0.25) is 11.8 Å². The first kappa shape index (κ1) is 21.1. The molecule has 9 nitrogen and oxygen atoms in total. The standard InChI is InChI=1S/C21H25N5O4/c1-2-30-19(27)11-18(17-4-3-9-23-17)26-21(29)16-10-15(16)20(28)25-14-7-5-13(6-8-14)12-24-22/h3-9,12,15-16,18,23H,2,10-11,22H2,1H3,(H,25,28)(H,26,29). The van der Waals surface area contributed by atoms with E-state index >= 15 is 0 Å². The number of ether oxygens (including phenoxy) is 1. The van der Waals surface area contributed by atoms with E-state index in [-0.39, 0.29) is 24.8 Å². The lowest BCUT2D eigenvalue weighted by Crippen LogP contribution is -2.33.